The van der Waals surface area contributed by atoms with Crippen molar-refractivity contribution in [3.8, 4) is 0 Å². The van der Waals surface area contributed by atoms with Gasteiger partial charge >= 0.3 is 0 Å². The Morgan fingerprint density at radius 1 is 0.581 bits per heavy atom. The fraction of sp³-hybridized carbons (Fsp3) is 1.00. The molecule has 6 nitrogen and oxygen atoms in total. The summed E-state index contributed by atoms with van der Waals surface area (Å²) in [7, 11) is -4.12. The number of quaternary nitrogens is 1. The van der Waals surface area contributed by atoms with Gasteiger partial charge in [-0.25, -0.2) is 8.42 Å². The van der Waals surface area contributed by atoms with Crippen LogP contribution < -0.4 is 0 Å². The Balaban J connectivity index is 4.73. The molecular formula is C24H51NO5S. The van der Waals surface area contributed by atoms with Gasteiger partial charge in [0.05, 0.1) is 49.6 Å². The molecule has 0 aromatic carbocycles. The highest BCUT2D eigenvalue weighted by atomic mass is 32.2. The lowest BCUT2D eigenvalue weighted by atomic mass is 10.1. The van der Waals surface area contributed by atoms with Crippen LogP contribution in [0.4, 0.5) is 0 Å². The molecule has 0 atom stereocenters. The molecule has 0 rings (SSSR count). The van der Waals surface area contributed by atoms with Gasteiger partial charge in [-0.2, -0.15) is 0 Å². The summed E-state index contributed by atoms with van der Waals surface area (Å²) in [5.74, 6) is -0.246. The van der Waals surface area contributed by atoms with E-state index in [1.165, 1.54) is 51.4 Å². The molecule has 0 amide bonds. The third-order valence-corrected chi connectivity index (χ3v) is 6.76. The first kappa shape index (κ1) is 30.8. The zero-order chi connectivity index (χ0) is 23.3. The van der Waals surface area contributed by atoms with Crippen LogP contribution >= 0.6 is 0 Å². The van der Waals surface area contributed by atoms with E-state index in [2.05, 4.69) is 20.8 Å². The molecule has 0 aliphatic carbocycles. The van der Waals surface area contributed by atoms with Crippen molar-refractivity contribution in [1.82, 2.24) is 0 Å². The number of nitrogens with zero attached hydrogens (tertiary/aromatic N) is 1. The van der Waals surface area contributed by atoms with Gasteiger partial charge in [-0.15, -0.1) is 0 Å². The van der Waals surface area contributed by atoms with Crippen molar-refractivity contribution in [2.24, 2.45) is 0 Å². The van der Waals surface area contributed by atoms with E-state index in [-0.39, 0.29) is 5.75 Å². The van der Waals surface area contributed by atoms with Crippen LogP contribution in [0.1, 0.15) is 97.8 Å². The van der Waals surface area contributed by atoms with Gasteiger partial charge in [0.1, 0.15) is 6.54 Å². The quantitative estimate of drug-likeness (QED) is 0.112. The first-order chi connectivity index (χ1) is 14.9. The molecule has 31 heavy (non-hydrogen) atoms. The second-order valence-corrected chi connectivity index (χ2v) is 10.4. The van der Waals surface area contributed by atoms with Gasteiger partial charge in [-0.1, -0.05) is 52.9 Å². The summed E-state index contributed by atoms with van der Waals surface area (Å²) >= 11 is 0. The van der Waals surface area contributed by atoms with E-state index >= 15 is 0 Å². The third kappa shape index (κ3) is 20.1. The molecule has 0 spiro atoms. The van der Waals surface area contributed by atoms with Crippen LogP contribution in [-0.2, 0) is 19.6 Å². The lowest BCUT2D eigenvalue weighted by Gasteiger charge is -2.39. The minimum absolute atomic E-state index is 0.246. The molecule has 0 heterocycles. The first-order valence-corrected chi connectivity index (χ1v) is 14.4. The second-order valence-electron chi connectivity index (χ2n) is 8.90. The summed E-state index contributed by atoms with van der Waals surface area (Å²) in [5.41, 5.74) is 0. The minimum Gasteiger partial charge on any atom is -0.748 e. The molecular weight excluding hydrogens is 414 g/mol. The summed E-state index contributed by atoms with van der Waals surface area (Å²) in [6, 6.07) is 0. The summed E-state index contributed by atoms with van der Waals surface area (Å²) in [5, 5.41) is 0. The molecule has 0 N–H and O–H groups in total. The van der Waals surface area contributed by atoms with E-state index in [0.29, 0.717) is 26.2 Å². The van der Waals surface area contributed by atoms with Crippen LogP contribution in [0.3, 0.4) is 0 Å². The van der Waals surface area contributed by atoms with Gasteiger partial charge in [0.15, 0.2) is 0 Å². The fourth-order valence-electron chi connectivity index (χ4n) is 3.97. The molecule has 0 aliphatic rings. The van der Waals surface area contributed by atoms with Gasteiger partial charge in [-0.3, -0.25) is 0 Å². The average molecular weight is 466 g/mol. The van der Waals surface area contributed by atoms with Crippen molar-refractivity contribution in [3.05, 3.63) is 0 Å². The molecule has 0 aliphatic heterocycles. The topological polar surface area (TPSA) is 75.7 Å². The second kappa shape index (κ2) is 20.4. The molecule has 0 aromatic rings. The van der Waals surface area contributed by atoms with E-state index in [4.69, 9.17) is 9.47 Å². The van der Waals surface area contributed by atoms with Crippen molar-refractivity contribution in [2.45, 2.75) is 97.8 Å². The van der Waals surface area contributed by atoms with Crippen LogP contribution in [-0.4, -0.2) is 75.8 Å². The lowest BCUT2D eigenvalue weighted by molar-refractivity contribution is -0.929. The van der Waals surface area contributed by atoms with Gasteiger partial charge in [0.2, 0.25) is 0 Å². The van der Waals surface area contributed by atoms with E-state index in [0.717, 1.165) is 56.5 Å². The van der Waals surface area contributed by atoms with Crippen LogP contribution in [0.15, 0.2) is 0 Å². The molecule has 0 radical (unpaired) electrons. The Bertz CT molecular complexity index is 472. The summed E-state index contributed by atoms with van der Waals surface area (Å²) < 4.78 is 45.4. The first-order valence-electron chi connectivity index (χ1n) is 12.8. The van der Waals surface area contributed by atoms with E-state index in [1.54, 1.807) is 0 Å². The summed E-state index contributed by atoms with van der Waals surface area (Å²) in [6.07, 6.45) is 13.3. The molecule has 7 heteroatoms. The Morgan fingerprint density at radius 3 is 1.55 bits per heavy atom. The fourth-order valence-corrected chi connectivity index (χ4v) is 4.53. The van der Waals surface area contributed by atoms with Crippen molar-refractivity contribution in [1.29, 1.82) is 0 Å². The highest BCUT2D eigenvalue weighted by Gasteiger charge is 2.26. The molecule has 0 aromatic heterocycles. The molecule has 0 fully saturated rings. The maximum absolute atomic E-state index is 11.0. The Hall–Kier alpha value is -0.210. The maximum atomic E-state index is 11.0. The normalized spacial score (nSPS) is 12.5. The molecule has 0 bridgehead atoms. The third-order valence-electron chi connectivity index (χ3n) is 5.97. The predicted octanol–water partition coefficient (Wildman–Crippen LogP) is 5.12. The lowest BCUT2D eigenvalue weighted by Crippen LogP contribution is -2.52. The predicted molar refractivity (Wildman–Crippen MR) is 128 cm³/mol. The van der Waals surface area contributed by atoms with Gasteiger partial charge in [0, 0.05) is 12.4 Å². The zero-order valence-corrected chi connectivity index (χ0v) is 21.6. The highest BCUT2D eigenvalue weighted by Crippen LogP contribution is 2.17. The van der Waals surface area contributed by atoms with Crippen molar-refractivity contribution >= 4 is 10.1 Å². The zero-order valence-electron chi connectivity index (χ0n) is 20.7. The largest absolute Gasteiger partial charge is 0.748 e. The minimum atomic E-state index is -4.12. The number of ether oxygens (including phenoxy) is 2. The number of hydrogen-bond acceptors (Lipinski definition) is 5. The maximum Gasteiger partial charge on any atom is 0.102 e. The smallest absolute Gasteiger partial charge is 0.102 e. The SMILES string of the molecule is CCCCCC[N+](CCCCCC)(CCCCS(=O)(=O)[O-])CCOCCOCCCC. The standard InChI is InChI=1S/C24H51NO5S/c1-4-7-10-12-16-25(17-13-11-8-5-2,18-14-15-24-31(26,27)28)19-21-30-23-22-29-20-9-6-3/h4-24H2,1-3H3. The van der Waals surface area contributed by atoms with Crippen molar-refractivity contribution in [2.75, 3.05) is 58.4 Å². The van der Waals surface area contributed by atoms with E-state index in [9.17, 15) is 13.0 Å². The number of unbranched alkanes of at least 4 members (excludes halogenated alkanes) is 8. The Morgan fingerprint density at radius 2 is 1.06 bits per heavy atom. The van der Waals surface area contributed by atoms with Gasteiger partial charge < -0.3 is 18.5 Å². The van der Waals surface area contributed by atoms with Gasteiger partial charge in [0.25, 0.3) is 0 Å². The van der Waals surface area contributed by atoms with E-state index in [1.807, 2.05) is 0 Å². The summed E-state index contributed by atoms with van der Waals surface area (Å²) in [4.78, 5) is 0. The van der Waals surface area contributed by atoms with Crippen LogP contribution in [0.5, 0.6) is 0 Å². The average Bonchev–Trinajstić information content (AvgIpc) is 2.73. The van der Waals surface area contributed by atoms with Crippen molar-refractivity contribution in [3.63, 3.8) is 0 Å². The van der Waals surface area contributed by atoms with Gasteiger partial charge in [-0.05, 0) is 44.9 Å². The molecule has 0 saturated heterocycles. The van der Waals surface area contributed by atoms with E-state index < -0.39 is 10.1 Å². The van der Waals surface area contributed by atoms with Crippen LogP contribution in [0.25, 0.3) is 0 Å². The Labute approximate surface area is 193 Å². The van der Waals surface area contributed by atoms with Crippen LogP contribution in [0.2, 0.25) is 0 Å². The van der Waals surface area contributed by atoms with Crippen molar-refractivity contribution < 1.29 is 26.9 Å². The monoisotopic (exact) mass is 465 g/mol. The molecule has 188 valence electrons. The Kier molecular flexibility index (Phi) is 20.3. The summed E-state index contributed by atoms with van der Waals surface area (Å²) in [6.45, 7) is 13.5. The van der Waals surface area contributed by atoms with Crippen LogP contribution in [0, 0.1) is 0 Å². The molecule has 0 unspecified atom stereocenters. The number of hydrogen-bond donors (Lipinski definition) is 0. The molecule has 0 saturated carbocycles. The number of rotatable bonds is 24. The highest BCUT2D eigenvalue weighted by molar-refractivity contribution is 7.85.